The van der Waals surface area contributed by atoms with Gasteiger partial charge in [0.25, 0.3) is 0 Å². The van der Waals surface area contributed by atoms with Crippen LogP contribution in [0.4, 0.5) is 5.69 Å². The van der Waals surface area contributed by atoms with Crippen molar-refractivity contribution in [1.29, 1.82) is 0 Å². The Morgan fingerprint density at radius 2 is 2.22 bits per heavy atom. The van der Waals surface area contributed by atoms with Gasteiger partial charge >= 0.3 is 0 Å². The maximum atomic E-state index is 11.7. The first kappa shape index (κ1) is 12.2. The highest BCUT2D eigenvalue weighted by molar-refractivity contribution is 7.10. The highest BCUT2D eigenvalue weighted by Gasteiger charge is 1.98. The summed E-state index contributed by atoms with van der Waals surface area (Å²) >= 11 is 1.58. The van der Waals surface area contributed by atoms with Crippen molar-refractivity contribution in [3.05, 3.63) is 58.3 Å². The number of nitrogens with one attached hydrogen (secondary N) is 1. The largest absolute Gasteiger partial charge is 0.322 e. The van der Waals surface area contributed by atoms with Gasteiger partial charge in [0.15, 0.2) is 0 Å². The molecule has 1 heterocycles. The van der Waals surface area contributed by atoms with Gasteiger partial charge in [-0.2, -0.15) is 0 Å². The molecule has 0 atom stereocenters. The second-order valence-electron chi connectivity index (χ2n) is 3.56. The van der Waals surface area contributed by atoms with Gasteiger partial charge in [0, 0.05) is 22.2 Å². The average Bonchev–Trinajstić information content (AvgIpc) is 2.90. The van der Waals surface area contributed by atoms with Crippen LogP contribution in [0.1, 0.15) is 10.4 Å². The van der Waals surface area contributed by atoms with Crippen LogP contribution in [0.25, 0.3) is 6.08 Å². The summed E-state index contributed by atoms with van der Waals surface area (Å²) in [5.74, 6) is 2.36. The Balaban J connectivity index is 2.01. The van der Waals surface area contributed by atoms with E-state index >= 15 is 0 Å². The molecule has 0 fully saturated rings. The molecule has 1 N–H and O–H groups in total. The maximum Gasteiger partial charge on any atom is 0.248 e. The molecule has 0 aliphatic rings. The van der Waals surface area contributed by atoms with Gasteiger partial charge in [0.05, 0.1) is 0 Å². The fourth-order valence-corrected chi connectivity index (χ4v) is 2.03. The Bertz CT molecular complexity index is 606. The fourth-order valence-electron chi connectivity index (χ4n) is 1.41. The van der Waals surface area contributed by atoms with E-state index in [-0.39, 0.29) is 5.91 Å². The third kappa shape index (κ3) is 3.34. The van der Waals surface area contributed by atoms with E-state index < -0.39 is 0 Å². The molecule has 2 nitrogen and oxygen atoms in total. The summed E-state index contributed by atoms with van der Waals surface area (Å²) < 4.78 is 0. The second kappa shape index (κ2) is 5.85. The molecule has 0 radical (unpaired) electrons. The molecule has 1 amide bonds. The van der Waals surface area contributed by atoms with Crippen LogP contribution in [0.2, 0.25) is 0 Å². The van der Waals surface area contributed by atoms with Gasteiger partial charge in [-0.15, -0.1) is 17.8 Å². The van der Waals surface area contributed by atoms with Crippen molar-refractivity contribution in [2.75, 3.05) is 5.32 Å². The summed E-state index contributed by atoms with van der Waals surface area (Å²) in [6.07, 6.45) is 8.59. The number of anilines is 1. The lowest BCUT2D eigenvalue weighted by molar-refractivity contribution is -0.111. The van der Waals surface area contributed by atoms with Crippen LogP contribution in [0.3, 0.4) is 0 Å². The van der Waals surface area contributed by atoms with Crippen LogP contribution >= 0.6 is 11.3 Å². The van der Waals surface area contributed by atoms with E-state index in [1.54, 1.807) is 29.5 Å². The Hall–Kier alpha value is -2.31. The summed E-state index contributed by atoms with van der Waals surface area (Å²) in [4.78, 5) is 12.7. The first-order chi connectivity index (χ1) is 8.78. The van der Waals surface area contributed by atoms with Gasteiger partial charge in [-0.3, -0.25) is 4.79 Å². The summed E-state index contributed by atoms with van der Waals surface area (Å²) in [5.41, 5.74) is 1.45. The Labute approximate surface area is 110 Å². The van der Waals surface area contributed by atoms with Gasteiger partial charge in [-0.05, 0) is 35.7 Å². The molecule has 0 spiro atoms. The van der Waals surface area contributed by atoms with Gasteiger partial charge in [0.2, 0.25) is 5.91 Å². The first-order valence-electron chi connectivity index (χ1n) is 5.37. The Morgan fingerprint density at radius 1 is 1.33 bits per heavy atom. The van der Waals surface area contributed by atoms with Gasteiger partial charge in [-0.25, -0.2) is 0 Å². The molecule has 0 aliphatic heterocycles. The van der Waals surface area contributed by atoms with Gasteiger partial charge in [0.1, 0.15) is 0 Å². The molecule has 0 bridgehead atoms. The molecule has 1 aromatic heterocycles. The minimum Gasteiger partial charge on any atom is -0.322 e. The van der Waals surface area contributed by atoms with E-state index in [0.717, 1.165) is 10.4 Å². The lowest BCUT2D eigenvalue weighted by Gasteiger charge is -2.02. The number of thiophene rings is 1. The van der Waals surface area contributed by atoms with E-state index in [2.05, 4.69) is 11.2 Å². The van der Waals surface area contributed by atoms with Crippen LogP contribution in [-0.2, 0) is 4.79 Å². The number of terminal acetylenes is 1. The molecule has 2 rings (SSSR count). The van der Waals surface area contributed by atoms with Crippen molar-refractivity contribution in [3.63, 3.8) is 0 Å². The normalized spacial score (nSPS) is 10.2. The zero-order valence-corrected chi connectivity index (χ0v) is 10.4. The van der Waals surface area contributed by atoms with Crippen molar-refractivity contribution in [1.82, 2.24) is 0 Å². The summed E-state index contributed by atoms with van der Waals surface area (Å²) in [5, 5.41) is 4.73. The van der Waals surface area contributed by atoms with Crippen molar-refractivity contribution >= 4 is 29.0 Å². The lowest BCUT2D eigenvalue weighted by atomic mass is 10.2. The van der Waals surface area contributed by atoms with Gasteiger partial charge < -0.3 is 5.32 Å². The molecule has 0 saturated carbocycles. The lowest BCUT2D eigenvalue weighted by Crippen LogP contribution is -2.07. The monoisotopic (exact) mass is 253 g/mol. The molecule has 0 aliphatic carbocycles. The van der Waals surface area contributed by atoms with E-state index in [1.807, 2.05) is 29.6 Å². The maximum absolute atomic E-state index is 11.7. The third-order valence-electron chi connectivity index (χ3n) is 2.24. The highest BCUT2D eigenvalue weighted by Crippen LogP contribution is 2.12. The Morgan fingerprint density at radius 3 is 2.94 bits per heavy atom. The molecule has 0 unspecified atom stereocenters. The number of carbonyl (C=O) groups excluding carboxylic acids is 1. The molecule has 3 heteroatoms. The zero-order valence-electron chi connectivity index (χ0n) is 9.59. The van der Waals surface area contributed by atoms with Crippen LogP contribution in [-0.4, -0.2) is 5.91 Å². The minimum absolute atomic E-state index is 0.169. The van der Waals surface area contributed by atoms with E-state index in [9.17, 15) is 4.79 Å². The minimum atomic E-state index is -0.169. The van der Waals surface area contributed by atoms with E-state index in [1.165, 1.54) is 6.08 Å². The smallest absolute Gasteiger partial charge is 0.248 e. The molecule has 1 aromatic carbocycles. The standard InChI is InChI=1S/C15H11NOS/c1-2-12-5-3-6-13(11-12)16-15(17)9-8-14-7-4-10-18-14/h1,3-11H,(H,16,17)/b9-8+. The number of hydrogen-bond acceptors (Lipinski definition) is 2. The summed E-state index contributed by atoms with van der Waals surface area (Å²) in [6.45, 7) is 0. The van der Waals surface area contributed by atoms with Crippen LogP contribution in [0.15, 0.2) is 47.9 Å². The van der Waals surface area contributed by atoms with Gasteiger partial charge in [-0.1, -0.05) is 18.1 Å². The number of benzene rings is 1. The molecular weight excluding hydrogens is 242 g/mol. The first-order valence-corrected chi connectivity index (χ1v) is 6.25. The number of hydrogen-bond donors (Lipinski definition) is 1. The number of amides is 1. The summed E-state index contributed by atoms with van der Waals surface area (Å²) in [6, 6.07) is 11.1. The molecule has 18 heavy (non-hydrogen) atoms. The van der Waals surface area contributed by atoms with Crippen molar-refractivity contribution in [3.8, 4) is 12.3 Å². The zero-order chi connectivity index (χ0) is 12.8. The predicted octanol–water partition coefficient (Wildman–Crippen LogP) is 3.38. The van der Waals surface area contributed by atoms with Crippen molar-refractivity contribution < 1.29 is 4.79 Å². The van der Waals surface area contributed by atoms with E-state index in [4.69, 9.17) is 6.42 Å². The van der Waals surface area contributed by atoms with Crippen LogP contribution < -0.4 is 5.32 Å². The fraction of sp³-hybridized carbons (Fsp3) is 0. The average molecular weight is 253 g/mol. The number of carbonyl (C=O) groups is 1. The SMILES string of the molecule is C#Cc1cccc(NC(=O)/C=C/c2cccs2)c1. The van der Waals surface area contributed by atoms with Crippen LogP contribution in [0, 0.1) is 12.3 Å². The number of rotatable bonds is 3. The van der Waals surface area contributed by atoms with Crippen molar-refractivity contribution in [2.45, 2.75) is 0 Å². The topological polar surface area (TPSA) is 29.1 Å². The van der Waals surface area contributed by atoms with Crippen molar-refractivity contribution in [2.24, 2.45) is 0 Å². The highest BCUT2D eigenvalue weighted by atomic mass is 32.1. The quantitative estimate of drug-likeness (QED) is 0.659. The molecular formula is C15H11NOS. The van der Waals surface area contributed by atoms with Crippen LogP contribution in [0.5, 0.6) is 0 Å². The summed E-state index contributed by atoms with van der Waals surface area (Å²) in [7, 11) is 0. The second-order valence-corrected chi connectivity index (χ2v) is 4.54. The molecule has 0 saturated heterocycles. The Kier molecular flexibility index (Phi) is 3.95. The third-order valence-corrected chi connectivity index (χ3v) is 3.08. The predicted molar refractivity (Wildman–Crippen MR) is 76.4 cm³/mol. The van der Waals surface area contributed by atoms with E-state index in [0.29, 0.717) is 5.69 Å². The molecule has 88 valence electrons. The molecule has 2 aromatic rings.